The van der Waals surface area contributed by atoms with E-state index >= 15 is 0 Å². The fourth-order valence-electron chi connectivity index (χ4n) is 11.0. The van der Waals surface area contributed by atoms with Crippen LogP contribution in [-0.2, 0) is 5.41 Å². The van der Waals surface area contributed by atoms with Crippen LogP contribution >= 0.6 is 0 Å². The van der Waals surface area contributed by atoms with Crippen LogP contribution in [0.25, 0.3) is 72.0 Å². The second-order valence-electron chi connectivity index (χ2n) is 16.8. The van der Waals surface area contributed by atoms with Gasteiger partial charge in [-0.3, -0.25) is 0 Å². The highest BCUT2D eigenvalue weighted by atomic mass is 15.2. The van der Waals surface area contributed by atoms with Crippen molar-refractivity contribution >= 4 is 38.9 Å². The molecule has 0 aliphatic heterocycles. The number of nitrogens with zero attached hydrogens (tertiary/aromatic N) is 2. The lowest BCUT2D eigenvalue weighted by atomic mass is 9.70. The lowest BCUT2D eigenvalue weighted by Gasteiger charge is -2.33. The molecule has 2 aliphatic rings. The summed E-state index contributed by atoms with van der Waals surface area (Å²) in [5.74, 6) is 0. The first-order chi connectivity index (χ1) is 31.3. The molecule has 0 atom stereocenters. The Hall–Kier alpha value is -8.20. The van der Waals surface area contributed by atoms with E-state index in [0.717, 1.165) is 39.4 Å². The van der Waals surface area contributed by atoms with Crippen molar-refractivity contribution in [1.29, 1.82) is 0 Å². The van der Waals surface area contributed by atoms with E-state index in [1.807, 2.05) is 0 Å². The van der Waals surface area contributed by atoms with Gasteiger partial charge in [-0.2, -0.15) is 0 Å². The van der Waals surface area contributed by atoms with Crippen molar-refractivity contribution in [1.82, 2.24) is 4.57 Å². The fraction of sp³-hybridized carbons (Fsp3) is 0.0164. The molecule has 0 fully saturated rings. The van der Waals surface area contributed by atoms with E-state index in [1.165, 1.54) is 71.9 Å². The lowest BCUT2D eigenvalue weighted by molar-refractivity contribution is 0.793. The van der Waals surface area contributed by atoms with Crippen LogP contribution in [0.1, 0.15) is 22.3 Å². The Morgan fingerprint density at radius 3 is 1.43 bits per heavy atom. The summed E-state index contributed by atoms with van der Waals surface area (Å²) in [5, 5.41) is 2.43. The van der Waals surface area contributed by atoms with Crippen LogP contribution in [0.3, 0.4) is 0 Å². The minimum Gasteiger partial charge on any atom is -0.308 e. The molecule has 0 unspecified atom stereocenters. The second kappa shape index (κ2) is 13.9. The summed E-state index contributed by atoms with van der Waals surface area (Å²) < 4.78 is 2.48. The largest absolute Gasteiger partial charge is 0.308 e. The van der Waals surface area contributed by atoms with Gasteiger partial charge in [0.2, 0.25) is 0 Å². The zero-order valence-electron chi connectivity index (χ0n) is 34.5. The standard InChI is InChI=1S/C61H40N2/c1-4-18-41(19-5-1)42-32-34-45(35-33-42)62(59-47(43-20-6-2-7-21-43)38-39-53-52-27-13-17-31-58(52)63(60(53)59)44-22-8-3-9-23-44)46-36-37-51-50-26-12-16-30-56(50)61(57(51)40-46)54-28-14-10-24-48(54)49-25-11-15-29-55(49)61/h1-40H. The summed E-state index contributed by atoms with van der Waals surface area (Å²) in [7, 11) is 0. The Morgan fingerprint density at radius 2 is 0.794 bits per heavy atom. The van der Waals surface area contributed by atoms with Crippen LogP contribution in [0, 0.1) is 0 Å². The predicted molar refractivity (Wildman–Crippen MR) is 263 cm³/mol. The average Bonchev–Trinajstić information content (AvgIpc) is 3.97. The minimum absolute atomic E-state index is 0.481. The van der Waals surface area contributed by atoms with Crippen molar-refractivity contribution in [2.75, 3.05) is 4.90 Å². The summed E-state index contributed by atoms with van der Waals surface area (Å²) in [6.45, 7) is 0. The van der Waals surface area contributed by atoms with Gasteiger partial charge in [0.05, 0.1) is 22.1 Å². The molecule has 294 valence electrons. The third kappa shape index (κ3) is 5.13. The molecule has 2 heteroatoms. The van der Waals surface area contributed by atoms with E-state index in [9.17, 15) is 0 Å². The van der Waals surface area contributed by atoms with E-state index in [-0.39, 0.29) is 0 Å². The maximum atomic E-state index is 2.54. The van der Waals surface area contributed by atoms with Crippen molar-refractivity contribution in [2.45, 2.75) is 5.41 Å². The van der Waals surface area contributed by atoms with Gasteiger partial charge in [0, 0.05) is 33.4 Å². The van der Waals surface area contributed by atoms with Crippen molar-refractivity contribution in [3.8, 4) is 50.2 Å². The van der Waals surface area contributed by atoms with E-state index in [2.05, 4.69) is 252 Å². The van der Waals surface area contributed by atoms with Crippen LogP contribution in [-0.4, -0.2) is 4.57 Å². The predicted octanol–water partition coefficient (Wildman–Crippen LogP) is 15.9. The molecule has 13 rings (SSSR count). The SMILES string of the molecule is c1ccc(-c2ccc(N(c3ccc4c(c3)C3(c5ccccc5-c5ccccc53)c3ccccc3-4)c3c(-c4ccccc4)ccc4c5ccccc5n(-c5ccccc5)c34)cc2)cc1. The fourth-order valence-corrected chi connectivity index (χ4v) is 11.0. The summed E-state index contributed by atoms with van der Waals surface area (Å²) in [4.78, 5) is 2.54. The summed E-state index contributed by atoms with van der Waals surface area (Å²) in [6.07, 6.45) is 0. The van der Waals surface area contributed by atoms with Crippen LogP contribution in [0.2, 0.25) is 0 Å². The molecule has 0 radical (unpaired) electrons. The molecule has 0 saturated heterocycles. The smallest absolute Gasteiger partial charge is 0.0788 e. The Morgan fingerprint density at radius 1 is 0.317 bits per heavy atom. The van der Waals surface area contributed by atoms with Crippen LogP contribution in [0.4, 0.5) is 17.1 Å². The molecule has 63 heavy (non-hydrogen) atoms. The number of aromatic nitrogens is 1. The highest BCUT2D eigenvalue weighted by Crippen LogP contribution is 2.63. The minimum atomic E-state index is -0.481. The third-order valence-corrected chi connectivity index (χ3v) is 13.6. The maximum Gasteiger partial charge on any atom is 0.0788 e. The van der Waals surface area contributed by atoms with Gasteiger partial charge >= 0.3 is 0 Å². The van der Waals surface area contributed by atoms with E-state index < -0.39 is 5.41 Å². The van der Waals surface area contributed by atoms with Crippen LogP contribution in [0.15, 0.2) is 243 Å². The number of benzene rings is 10. The van der Waals surface area contributed by atoms with Crippen molar-refractivity contribution in [3.63, 3.8) is 0 Å². The molecule has 2 aliphatic carbocycles. The van der Waals surface area contributed by atoms with Gasteiger partial charge in [0.25, 0.3) is 0 Å². The monoisotopic (exact) mass is 800 g/mol. The third-order valence-electron chi connectivity index (χ3n) is 13.6. The molecule has 0 amide bonds. The van der Waals surface area contributed by atoms with Crippen molar-refractivity contribution in [3.05, 3.63) is 265 Å². The summed E-state index contributed by atoms with van der Waals surface area (Å²) in [5.41, 5.74) is 21.5. The maximum absolute atomic E-state index is 2.54. The lowest BCUT2D eigenvalue weighted by Crippen LogP contribution is -2.26. The normalized spacial score (nSPS) is 12.9. The molecule has 0 saturated carbocycles. The van der Waals surface area contributed by atoms with E-state index in [4.69, 9.17) is 0 Å². The molecule has 10 aromatic carbocycles. The summed E-state index contributed by atoms with van der Waals surface area (Å²) >= 11 is 0. The Balaban J connectivity index is 1.16. The first-order valence-electron chi connectivity index (χ1n) is 21.9. The number of hydrogen-bond acceptors (Lipinski definition) is 1. The number of fused-ring (bicyclic) bond motifs is 13. The van der Waals surface area contributed by atoms with Gasteiger partial charge in [-0.15, -0.1) is 0 Å². The van der Waals surface area contributed by atoms with Crippen molar-refractivity contribution in [2.24, 2.45) is 0 Å². The molecule has 0 N–H and O–H groups in total. The van der Waals surface area contributed by atoms with Crippen LogP contribution < -0.4 is 4.90 Å². The number of rotatable bonds is 6. The average molecular weight is 801 g/mol. The summed E-state index contributed by atoms with van der Waals surface area (Å²) in [6, 6.07) is 89.7. The molecule has 11 aromatic rings. The van der Waals surface area contributed by atoms with Gasteiger partial charge in [-0.05, 0) is 104 Å². The molecule has 1 spiro atoms. The van der Waals surface area contributed by atoms with Gasteiger partial charge in [0.1, 0.15) is 0 Å². The Labute approximate surface area is 367 Å². The topological polar surface area (TPSA) is 8.17 Å². The van der Waals surface area contributed by atoms with Gasteiger partial charge in [-0.1, -0.05) is 200 Å². The number of para-hydroxylation sites is 2. The van der Waals surface area contributed by atoms with Crippen molar-refractivity contribution < 1.29 is 0 Å². The number of hydrogen-bond donors (Lipinski definition) is 0. The number of anilines is 3. The van der Waals surface area contributed by atoms with Gasteiger partial charge in [0.15, 0.2) is 0 Å². The van der Waals surface area contributed by atoms with E-state index in [0.29, 0.717) is 0 Å². The van der Waals surface area contributed by atoms with Gasteiger partial charge < -0.3 is 9.47 Å². The zero-order valence-corrected chi connectivity index (χ0v) is 34.5. The highest BCUT2D eigenvalue weighted by Gasteiger charge is 2.51. The Bertz CT molecular complexity index is 3480. The molecule has 1 aromatic heterocycles. The second-order valence-corrected chi connectivity index (χ2v) is 16.8. The quantitative estimate of drug-likeness (QED) is 0.163. The molecular formula is C61H40N2. The van der Waals surface area contributed by atoms with Gasteiger partial charge in [-0.25, -0.2) is 0 Å². The highest BCUT2D eigenvalue weighted by molar-refractivity contribution is 6.17. The first-order valence-corrected chi connectivity index (χ1v) is 21.9. The van der Waals surface area contributed by atoms with E-state index in [1.54, 1.807) is 0 Å². The van der Waals surface area contributed by atoms with Crippen LogP contribution in [0.5, 0.6) is 0 Å². The first kappa shape index (κ1) is 35.5. The molecule has 1 heterocycles. The zero-order chi connectivity index (χ0) is 41.5. The molecule has 0 bridgehead atoms. The Kier molecular flexibility index (Phi) is 7.85. The molecular weight excluding hydrogens is 761 g/mol. The molecule has 2 nitrogen and oxygen atoms in total.